The quantitative estimate of drug-likeness (QED) is 0.884. The molecule has 2 saturated heterocycles. The van der Waals surface area contributed by atoms with Gasteiger partial charge in [0, 0.05) is 37.6 Å². The molecule has 1 amide bonds. The van der Waals surface area contributed by atoms with Crippen LogP contribution in [0, 0.1) is 0 Å². The van der Waals surface area contributed by atoms with Crippen LogP contribution in [0.3, 0.4) is 0 Å². The third kappa shape index (κ3) is 2.67. The zero-order valence-corrected chi connectivity index (χ0v) is 13.1. The molecule has 2 aliphatic rings. The minimum absolute atomic E-state index is 0.0261. The first kappa shape index (κ1) is 14.9. The van der Waals surface area contributed by atoms with Crippen molar-refractivity contribution in [1.29, 1.82) is 0 Å². The maximum atomic E-state index is 12.7. The summed E-state index contributed by atoms with van der Waals surface area (Å²) in [4.78, 5) is 25.2. The molecule has 7 nitrogen and oxygen atoms in total. The van der Waals surface area contributed by atoms with Crippen molar-refractivity contribution in [3.63, 3.8) is 0 Å². The van der Waals surface area contributed by atoms with E-state index in [-0.39, 0.29) is 23.8 Å². The molecule has 1 aromatic heterocycles. The Bertz CT molecular complexity index is 722. The number of anilines is 1. The Balaban J connectivity index is 1.53. The van der Waals surface area contributed by atoms with Gasteiger partial charge in [-0.05, 0) is 24.3 Å². The van der Waals surface area contributed by atoms with Gasteiger partial charge in [-0.15, -0.1) is 0 Å². The molecule has 1 aromatic carbocycles. The van der Waals surface area contributed by atoms with Crippen molar-refractivity contribution in [3.05, 3.63) is 48.4 Å². The molecule has 2 aliphatic heterocycles. The van der Waals surface area contributed by atoms with E-state index in [4.69, 9.17) is 4.74 Å². The maximum absolute atomic E-state index is 12.7. The molecule has 0 bridgehead atoms. The van der Waals surface area contributed by atoms with Crippen LogP contribution in [-0.4, -0.2) is 64.3 Å². The van der Waals surface area contributed by atoms with Crippen molar-refractivity contribution < 1.29 is 14.6 Å². The van der Waals surface area contributed by atoms with Gasteiger partial charge in [-0.25, -0.2) is 4.98 Å². The lowest BCUT2D eigenvalue weighted by atomic mass is 10.1. The van der Waals surface area contributed by atoms with Gasteiger partial charge in [-0.2, -0.15) is 0 Å². The highest BCUT2D eigenvalue weighted by atomic mass is 16.5. The molecule has 1 N–H and O–H groups in total. The van der Waals surface area contributed by atoms with Crippen LogP contribution in [0.5, 0.6) is 5.75 Å². The first-order valence-electron chi connectivity index (χ1n) is 7.95. The minimum atomic E-state index is -0.0490. The number of phenolic OH excluding ortho intramolecular Hbond substituents is 1. The van der Waals surface area contributed by atoms with Gasteiger partial charge in [0.15, 0.2) is 0 Å². The molecule has 0 unspecified atom stereocenters. The number of benzene rings is 1. The summed E-state index contributed by atoms with van der Waals surface area (Å²) < 4.78 is 5.87. The van der Waals surface area contributed by atoms with Crippen molar-refractivity contribution in [3.8, 4) is 5.75 Å². The summed E-state index contributed by atoms with van der Waals surface area (Å²) in [5, 5.41) is 9.37. The number of carbonyl (C=O) groups excluding carboxylic acids is 1. The Morgan fingerprint density at radius 2 is 2.04 bits per heavy atom. The predicted molar refractivity (Wildman–Crippen MR) is 86.9 cm³/mol. The second-order valence-corrected chi connectivity index (χ2v) is 5.99. The summed E-state index contributed by atoms with van der Waals surface area (Å²) in [6.07, 6.45) is 5.04. The molecule has 3 heterocycles. The standard InChI is InChI=1S/C17H18N4O3/c22-13-3-1-12(2-4-13)17(23)20-10-14-15(11-20)24-8-7-21(14)16-9-18-5-6-19-16/h1-6,9,14-15,22H,7-8,10-11H2/t14-,15+/m1/s1. The number of phenols is 1. The Hall–Kier alpha value is -2.67. The van der Waals surface area contributed by atoms with Crippen LogP contribution in [0.1, 0.15) is 10.4 Å². The number of fused-ring (bicyclic) bond motifs is 1. The van der Waals surface area contributed by atoms with Gasteiger partial charge in [0.2, 0.25) is 0 Å². The number of hydrogen-bond acceptors (Lipinski definition) is 6. The van der Waals surface area contributed by atoms with Crippen LogP contribution in [0.2, 0.25) is 0 Å². The molecule has 0 aliphatic carbocycles. The zero-order chi connectivity index (χ0) is 16.5. The molecule has 0 saturated carbocycles. The third-order valence-electron chi connectivity index (χ3n) is 4.55. The van der Waals surface area contributed by atoms with Crippen LogP contribution < -0.4 is 4.90 Å². The number of amides is 1. The van der Waals surface area contributed by atoms with Gasteiger partial charge < -0.3 is 19.6 Å². The molecule has 2 fully saturated rings. The van der Waals surface area contributed by atoms with Crippen molar-refractivity contribution >= 4 is 11.7 Å². The van der Waals surface area contributed by atoms with Gasteiger partial charge in [0.25, 0.3) is 5.91 Å². The number of morpholine rings is 1. The van der Waals surface area contributed by atoms with E-state index in [1.165, 1.54) is 12.1 Å². The molecular weight excluding hydrogens is 308 g/mol. The lowest BCUT2D eigenvalue weighted by molar-refractivity contribution is 0.0299. The summed E-state index contributed by atoms with van der Waals surface area (Å²) in [5.74, 6) is 0.917. The van der Waals surface area contributed by atoms with Crippen molar-refractivity contribution in [1.82, 2.24) is 14.9 Å². The van der Waals surface area contributed by atoms with E-state index in [9.17, 15) is 9.90 Å². The summed E-state index contributed by atoms with van der Waals surface area (Å²) in [6.45, 7) is 2.49. The smallest absolute Gasteiger partial charge is 0.254 e. The van der Waals surface area contributed by atoms with E-state index in [1.807, 2.05) is 0 Å². The van der Waals surface area contributed by atoms with E-state index in [0.29, 0.717) is 25.3 Å². The number of carbonyl (C=O) groups is 1. The Labute approximate surface area is 139 Å². The second kappa shape index (κ2) is 6.09. The van der Waals surface area contributed by atoms with Gasteiger partial charge in [0.1, 0.15) is 11.6 Å². The second-order valence-electron chi connectivity index (χ2n) is 5.99. The van der Waals surface area contributed by atoms with Crippen LogP contribution in [0.4, 0.5) is 5.82 Å². The summed E-state index contributed by atoms with van der Waals surface area (Å²) in [7, 11) is 0. The largest absolute Gasteiger partial charge is 0.508 e. The van der Waals surface area contributed by atoms with E-state index in [2.05, 4.69) is 14.9 Å². The molecule has 0 radical (unpaired) electrons. The van der Waals surface area contributed by atoms with Gasteiger partial charge in [0.05, 0.1) is 24.9 Å². The van der Waals surface area contributed by atoms with E-state index >= 15 is 0 Å². The van der Waals surface area contributed by atoms with Crippen molar-refractivity contribution in [2.24, 2.45) is 0 Å². The summed E-state index contributed by atoms with van der Waals surface area (Å²) in [5.41, 5.74) is 0.567. The fourth-order valence-electron chi connectivity index (χ4n) is 3.36. The Kier molecular flexibility index (Phi) is 3.78. The van der Waals surface area contributed by atoms with Gasteiger partial charge in [-0.3, -0.25) is 9.78 Å². The highest BCUT2D eigenvalue weighted by Crippen LogP contribution is 2.27. The Morgan fingerprint density at radius 1 is 1.21 bits per heavy atom. The number of aromatic nitrogens is 2. The first-order valence-corrected chi connectivity index (χ1v) is 7.95. The van der Waals surface area contributed by atoms with E-state index in [0.717, 1.165) is 12.4 Å². The average molecular weight is 326 g/mol. The third-order valence-corrected chi connectivity index (χ3v) is 4.55. The molecule has 0 spiro atoms. The number of aromatic hydroxyl groups is 1. The lowest BCUT2D eigenvalue weighted by Gasteiger charge is -2.37. The summed E-state index contributed by atoms with van der Waals surface area (Å²) in [6, 6.07) is 6.41. The van der Waals surface area contributed by atoms with Crippen molar-refractivity contribution in [2.45, 2.75) is 12.1 Å². The van der Waals surface area contributed by atoms with Gasteiger partial charge >= 0.3 is 0 Å². The first-order chi connectivity index (χ1) is 11.7. The van der Waals surface area contributed by atoms with Crippen LogP contribution >= 0.6 is 0 Å². The normalized spacial score (nSPS) is 23.2. The van der Waals surface area contributed by atoms with E-state index < -0.39 is 0 Å². The predicted octanol–water partition coefficient (Wildman–Crippen LogP) is 0.912. The molecular formula is C17H18N4O3. The van der Waals surface area contributed by atoms with Crippen molar-refractivity contribution in [2.75, 3.05) is 31.1 Å². The highest BCUT2D eigenvalue weighted by Gasteiger charge is 2.42. The maximum Gasteiger partial charge on any atom is 0.254 e. The van der Waals surface area contributed by atoms with Crippen LogP contribution in [-0.2, 0) is 4.74 Å². The molecule has 24 heavy (non-hydrogen) atoms. The molecule has 2 aromatic rings. The summed E-state index contributed by atoms with van der Waals surface area (Å²) >= 11 is 0. The number of ether oxygens (including phenoxy) is 1. The number of nitrogens with zero attached hydrogens (tertiary/aromatic N) is 4. The number of hydrogen-bond donors (Lipinski definition) is 1. The molecule has 2 atom stereocenters. The minimum Gasteiger partial charge on any atom is -0.508 e. The topological polar surface area (TPSA) is 78.8 Å². The van der Waals surface area contributed by atoms with Crippen LogP contribution in [0.15, 0.2) is 42.9 Å². The van der Waals surface area contributed by atoms with E-state index in [1.54, 1.807) is 35.6 Å². The molecule has 4 rings (SSSR count). The zero-order valence-electron chi connectivity index (χ0n) is 13.1. The lowest BCUT2D eigenvalue weighted by Crippen LogP contribution is -2.51. The number of rotatable bonds is 2. The number of likely N-dealkylation sites (tertiary alicyclic amines) is 1. The Morgan fingerprint density at radius 3 is 2.79 bits per heavy atom. The average Bonchev–Trinajstić information content (AvgIpc) is 3.06. The fraction of sp³-hybridized carbons (Fsp3) is 0.353. The molecule has 124 valence electrons. The monoisotopic (exact) mass is 326 g/mol. The van der Waals surface area contributed by atoms with Gasteiger partial charge in [-0.1, -0.05) is 0 Å². The van der Waals surface area contributed by atoms with Crippen LogP contribution in [0.25, 0.3) is 0 Å². The molecule has 7 heteroatoms. The fourth-order valence-corrected chi connectivity index (χ4v) is 3.36. The highest BCUT2D eigenvalue weighted by molar-refractivity contribution is 5.94. The SMILES string of the molecule is O=C(c1ccc(O)cc1)N1C[C@@H]2OCCN(c3cnccn3)[C@@H]2C1.